The van der Waals surface area contributed by atoms with Gasteiger partial charge in [-0.15, -0.1) is 0 Å². The zero-order chi connectivity index (χ0) is 30.0. The van der Waals surface area contributed by atoms with Crippen LogP contribution in [0.4, 0.5) is 5.69 Å². The molecule has 3 aliphatic rings. The van der Waals surface area contributed by atoms with Crippen LogP contribution in [0.3, 0.4) is 0 Å². The number of aryl methyl sites for hydroxylation is 1. The van der Waals surface area contributed by atoms with E-state index in [1.165, 1.54) is 33.5 Å². The van der Waals surface area contributed by atoms with Crippen molar-refractivity contribution in [3.8, 4) is 5.75 Å². The first-order chi connectivity index (χ1) is 21.5. The minimum absolute atomic E-state index is 0.174. The highest BCUT2D eigenvalue weighted by molar-refractivity contribution is 6.00. The van der Waals surface area contributed by atoms with E-state index in [0.717, 1.165) is 51.1 Å². The molecule has 0 aromatic heterocycles. The highest BCUT2D eigenvalue weighted by Crippen LogP contribution is 2.47. The van der Waals surface area contributed by atoms with E-state index in [9.17, 15) is 14.7 Å². The van der Waals surface area contributed by atoms with E-state index in [2.05, 4.69) is 87.9 Å². The summed E-state index contributed by atoms with van der Waals surface area (Å²) in [6, 6.07) is 34.2. The number of fused-ring (bicyclic) bond motifs is 1. The summed E-state index contributed by atoms with van der Waals surface area (Å²) >= 11 is 0. The number of carbonyl (C=O) groups excluding carboxylic acids is 2. The largest absolute Gasteiger partial charge is 0.508 e. The van der Waals surface area contributed by atoms with Crippen LogP contribution >= 0.6 is 0 Å². The van der Waals surface area contributed by atoms with Crippen LogP contribution in [0.25, 0.3) is 0 Å². The van der Waals surface area contributed by atoms with E-state index in [-0.39, 0.29) is 23.7 Å². The second kappa shape index (κ2) is 12.3. The van der Waals surface area contributed by atoms with E-state index < -0.39 is 0 Å². The zero-order valence-corrected chi connectivity index (χ0v) is 25.0. The van der Waals surface area contributed by atoms with Gasteiger partial charge in [0.05, 0.1) is 5.92 Å². The predicted octanol–water partition coefficient (Wildman–Crippen LogP) is 6.10. The molecular weight excluding hydrogens is 546 g/mol. The molecule has 6 nitrogen and oxygen atoms in total. The Morgan fingerprint density at radius 1 is 0.727 bits per heavy atom. The SMILES string of the molecule is O=C1CCC(c2cccc(CN3CCN(c4ccc([C@H]5c6ccc(O)cc6CC[C@H]5c5ccccc5)cc4)CC3)c2)C(=O)N1. The van der Waals surface area contributed by atoms with Gasteiger partial charge < -0.3 is 10.0 Å². The number of piperidine rings is 1. The smallest absolute Gasteiger partial charge is 0.234 e. The zero-order valence-electron chi connectivity index (χ0n) is 25.0. The van der Waals surface area contributed by atoms with Crippen molar-refractivity contribution in [3.63, 3.8) is 0 Å². The Morgan fingerprint density at radius 3 is 2.27 bits per heavy atom. The minimum Gasteiger partial charge on any atom is -0.508 e. The molecule has 4 aromatic rings. The Bertz CT molecular complexity index is 1640. The molecule has 44 heavy (non-hydrogen) atoms. The molecule has 1 unspecified atom stereocenters. The van der Waals surface area contributed by atoms with Gasteiger partial charge in [-0.2, -0.15) is 0 Å². The Hall–Kier alpha value is -4.42. The quantitative estimate of drug-likeness (QED) is 0.268. The third kappa shape index (κ3) is 5.87. The van der Waals surface area contributed by atoms with Gasteiger partial charge in [-0.3, -0.25) is 19.8 Å². The lowest BCUT2D eigenvalue weighted by Gasteiger charge is -2.37. The van der Waals surface area contributed by atoms with Crippen molar-refractivity contribution < 1.29 is 14.7 Å². The Balaban J connectivity index is 1.02. The van der Waals surface area contributed by atoms with Gasteiger partial charge >= 0.3 is 0 Å². The topological polar surface area (TPSA) is 72.9 Å². The molecule has 224 valence electrons. The minimum atomic E-state index is -0.246. The lowest BCUT2D eigenvalue weighted by atomic mass is 9.69. The number of anilines is 1. The van der Waals surface area contributed by atoms with E-state index in [1.54, 1.807) is 0 Å². The van der Waals surface area contributed by atoms with E-state index in [0.29, 0.717) is 24.5 Å². The predicted molar refractivity (Wildman–Crippen MR) is 173 cm³/mol. The first-order valence-electron chi connectivity index (χ1n) is 15.9. The van der Waals surface area contributed by atoms with Gasteiger partial charge in [-0.1, -0.05) is 72.8 Å². The summed E-state index contributed by atoms with van der Waals surface area (Å²) in [6.45, 7) is 4.72. The summed E-state index contributed by atoms with van der Waals surface area (Å²) in [7, 11) is 0. The summed E-state index contributed by atoms with van der Waals surface area (Å²) in [6.07, 6.45) is 3.01. The molecule has 7 rings (SSSR count). The number of rotatable bonds is 6. The van der Waals surface area contributed by atoms with Crippen LogP contribution in [-0.2, 0) is 22.6 Å². The number of carbonyl (C=O) groups is 2. The van der Waals surface area contributed by atoms with Gasteiger partial charge in [0.25, 0.3) is 0 Å². The number of benzene rings is 4. The highest BCUT2D eigenvalue weighted by atomic mass is 16.3. The molecule has 2 fully saturated rings. The fourth-order valence-corrected chi connectivity index (χ4v) is 7.51. The first kappa shape index (κ1) is 28.4. The number of nitrogens with zero attached hydrogens (tertiary/aromatic N) is 2. The number of phenols is 1. The van der Waals surface area contributed by atoms with E-state index in [4.69, 9.17) is 0 Å². The van der Waals surface area contributed by atoms with Crippen LogP contribution in [0.1, 0.15) is 70.4 Å². The molecule has 2 amide bonds. The summed E-state index contributed by atoms with van der Waals surface area (Å²) in [5.41, 5.74) is 8.74. The molecular formula is C38H39N3O3. The fourth-order valence-electron chi connectivity index (χ4n) is 7.51. The number of piperazine rings is 1. The Labute approximate surface area is 259 Å². The molecule has 2 heterocycles. The molecule has 0 radical (unpaired) electrons. The number of phenolic OH excluding ortho intramolecular Hbond substituents is 1. The molecule has 3 atom stereocenters. The number of amides is 2. The maximum Gasteiger partial charge on any atom is 0.234 e. The maximum atomic E-state index is 12.4. The van der Waals surface area contributed by atoms with Crippen molar-refractivity contribution in [1.29, 1.82) is 0 Å². The third-order valence-electron chi connectivity index (χ3n) is 9.80. The van der Waals surface area contributed by atoms with Gasteiger partial charge in [-0.25, -0.2) is 0 Å². The van der Waals surface area contributed by atoms with E-state index >= 15 is 0 Å². The van der Waals surface area contributed by atoms with Gasteiger partial charge in [0, 0.05) is 50.7 Å². The van der Waals surface area contributed by atoms with Crippen molar-refractivity contribution in [3.05, 3.63) is 130 Å². The van der Waals surface area contributed by atoms with Crippen LogP contribution < -0.4 is 10.2 Å². The normalized spacial score (nSPS) is 22.4. The second-order valence-corrected chi connectivity index (χ2v) is 12.5. The number of imide groups is 1. The number of hydrogen-bond donors (Lipinski definition) is 2. The Morgan fingerprint density at radius 2 is 1.50 bits per heavy atom. The third-order valence-corrected chi connectivity index (χ3v) is 9.80. The summed E-state index contributed by atoms with van der Waals surface area (Å²) < 4.78 is 0. The van der Waals surface area contributed by atoms with Crippen LogP contribution in [-0.4, -0.2) is 48.0 Å². The van der Waals surface area contributed by atoms with Gasteiger partial charge in [0.1, 0.15) is 5.75 Å². The molecule has 2 N–H and O–H groups in total. The number of hydrogen-bond acceptors (Lipinski definition) is 5. The lowest BCUT2D eigenvalue weighted by molar-refractivity contribution is -0.134. The summed E-state index contributed by atoms with van der Waals surface area (Å²) in [4.78, 5) is 28.9. The summed E-state index contributed by atoms with van der Waals surface area (Å²) in [5.74, 6) is 0.397. The molecule has 2 aliphatic heterocycles. The molecule has 6 heteroatoms. The number of aromatic hydroxyl groups is 1. The average Bonchev–Trinajstić information content (AvgIpc) is 3.05. The van der Waals surface area contributed by atoms with Crippen LogP contribution in [0.5, 0.6) is 5.75 Å². The van der Waals surface area contributed by atoms with Crippen molar-refractivity contribution in [1.82, 2.24) is 10.2 Å². The molecule has 4 aromatic carbocycles. The van der Waals surface area contributed by atoms with Crippen molar-refractivity contribution in [2.75, 3.05) is 31.1 Å². The standard InChI is InChI=1S/C38H39N3O3/c42-32-14-16-34-30(24-32)11-15-33(27-6-2-1-3-7-27)37(34)28-9-12-31(13-10-28)41-21-19-40(20-22-41)25-26-5-4-8-29(23-26)35-17-18-36(43)39-38(35)44/h1-10,12-14,16,23-24,33,35,37,42H,11,15,17-22,25H2,(H,39,43,44)/t33-,35?,37+/m0/s1. The lowest BCUT2D eigenvalue weighted by Crippen LogP contribution is -2.46. The first-order valence-corrected chi connectivity index (χ1v) is 15.9. The van der Waals surface area contributed by atoms with Gasteiger partial charge in [0.2, 0.25) is 11.8 Å². The van der Waals surface area contributed by atoms with Gasteiger partial charge in [0.15, 0.2) is 0 Å². The van der Waals surface area contributed by atoms with Crippen molar-refractivity contribution in [2.45, 2.75) is 50.0 Å². The van der Waals surface area contributed by atoms with Gasteiger partial charge in [-0.05, 0) is 82.8 Å². The van der Waals surface area contributed by atoms with Crippen LogP contribution in [0.2, 0.25) is 0 Å². The maximum absolute atomic E-state index is 12.4. The molecule has 0 saturated carbocycles. The Kier molecular flexibility index (Phi) is 7.92. The van der Waals surface area contributed by atoms with Crippen LogP contribution in [0.15, 0.2) is 97.1 Å². The molecule has 1 aliphatic carbocycles. The molecule has 0 spiro atoms. The summed E-state index contributed by atoms with van der Waals surface area (Å²) in [5, 5.41) is 12.6. The van der Waals surface area contributed by atoms with Crippen molar-refractivity contribution >= 4 is 17.5 Å². The average molecular weight is 586 g/mol. The monoisotopic (exact) mass is 585 g/mol. The second-order valence-electron chi connectivity index (χ2n) is 12.5. The number of nitrogens with one attached hydrogen (secondary N) is 1. The highest BCUT2D eigenvalue weighted by Gasteiger charge is 2.32. The fraction of sp³-hybridized carbons (Fsp3) is 0.316. The van der Waals surface area contributed by atoms with Crippen molar-refractivity contribution in [2.24, 2.45) is 0 Å². The van der Waals surface area contributed by atoms with Crippen LogP contribution in [0, 0.1) is 0 Å². The molecule has 2 saturated heterocycles. The van der Waals surface area contributed by atoms with E-state index in [1.807, 2.05) is 24.3 Å². The molecule has 0 bridgehead atoms.